The van der Waals surface area contributed by atoms with Crippen LogP contribution >= 0.6 is 11.6 Å². The summed E-state index contributed by atoms with van der Waals surface area (Å²) < 4.78 is 11.5. The molecule has 3 fully saturated rings. The van der Waals surface area contributed by atoms with Gasteiger partial charge in [0.05, 0.1) is 24.2 Å². The van der Waals surface area contributed by atoms with E-state index in [1.807, 2.05) is 79.7 Å². The Kier molecular flexibility index (Phi) is 16.8. The Labute approximate surface area is 407 Å². The van der Waals surface area contributed by atoms with E-state index in [-0.39, 0.29) is 41.5 Å². The maximum absolute atomic E-state index is 13.2. The van der Waals surface area contributed by atoms with Gasteiger partial charge in [-0.3, -0.25) is 9.59 Å². The van der Waals surface area contributed by atoms with Crippen LogP contribution in [-0.2, 0) is 21.4 Å². The molecule has 10 nitrogen and oxygen atoms in total. The summed E-state index contributed by atoms with van der Waals surface area (Å²) in [5.74, 6) is 2.22. The molecule has 0 radical (unpaired) electrons. The summed E-state index contributed by atoms with van der Waals surface area (Å²) in [4.78, 5) is 26.4. The van der Waals surface area contributed by atoms with E-state index in [0.717, 1.165) is 86.7 Å². The number of piperidine rings is 3. The van der Waals surface area contributed by atoms with Gasteiger partial charge in [0.15, 0.2) is 0 Å². The molecule has 0 saturated carbocycles. The van der Waals surface area contributed by atoms with Gasteiger partial charge in [-0.15, -0.1) is 0 Å². The number of halogens is 1. The van der Waals surface area contributed by atoms with Crippen LogP contribution in [0.2, 0.25) is 5.02 Å². The largest absolute Gasteiger partial charge is 0.493 e. The maximum atomic E-state index is 13.2. The first kappa shape index (κ1) is 48.7. The van der Waals surface area contributed by atoms with Gasteiger partial charge in [-0.2, -0.15) is 0 Å². The van der Waals surface area contributed by atoms with E-state index >= 15 is 0 Å². The van der Waals surface area contributed by atoms with Crippen molar-refractivity contribution in [1.82, 2.24) is 21.3 Å². The number of fused-ring (bicyclic) bond motifs is 1. The molecule has 3 saturated heterocycles. The molecule has 0 spiro atoms. The fraction of sp³-hybridized carbons (Fsp3) is 0.368. The molecule has 5 heterocycles. The van der Waals surface area contributed by atoms with Gasteiger partial charge in [0.1, 0.15) is 11.5 Å². The molecule has 11 heteroatoms. The molecule has 2 amide bonds. The number of hydrogen-bond donors (Lipinski definition) is 6. The third kappa shape index (κ3) is 11.6. The van der Waals surface area contributed by atoms with E-state index < -0.39 is 5.41 Å². The number of primary amides is 1. The predicted octanol–water partition coefficient (Wildman–Crippen LogP) is 8.51. The van der Waals surface area contributed by atoms with Gasteiger partial charge in [-0.05, 0) is 110 Å². The molecule has 0 bridgehead atoms. The van der Waals surface area contributed by atoms with Gasteiger partial charge in [0, 0.05) is 66.5 Å². The molecule has 8 N–H and O–H groups in total. The van der Waals surface area contributed by atoms with Gasteiger partial charge >= 0.3 is 0 Å². The summed E-state index contributed by atoms with van der Waals surface area (Å²) in [5, 5.41) is 14.3. The van der Waals surface area contributed by atoms with E-state index in [2.05, 4.69) is 94.1 Å². The van der Waals surface area contributed by atoms with Crippen molar-refractivity contribution in [2.45, 2.75) is 80.2 Å². The zero-order valence-corrected chi connectivity index (χ0v) is 39.9. The van der Waals surface area contributed by atoms with Crippen LogP contribution in [0.25, 0.3) is 0 Å². The standard InChI is InChI=1S/C24H26N2O2.C22H25ClN2O2.C11H16N2/c25-23(27)24(16-20-12-7-15-28-20,19-10-5-2-6-11-19)22-13-14-26-17-21(22)18-8-3-1-4-9-18;1-14-11-16(23)12-18-17(8-10-27-21(14)18)22(26)25-20-7-9-24-13-19(20)15-5-3-2-4-6-15;12-11-6-7-13-8-10(11)9-4-2-1-3-5-9/h1-12,15,21-22,26H,13-14,16-17H2,(H2,25,27);2-6,11-12,17,19-20,24H,7-10,13H2,1H3,(H,25,26);1-5,10-11,13H,6-8,12H2. The number of aryl methyl sites for hydroxylation is 1. The Bertz CT molecular complexity index is 2500. The normalized spacial score (nSPS) is 24.2. The average molecular weight is 936 g/mol. The smallest absolute Gasteiger partial charge is 0.228 e. The molecule has 0 aliphatic carbocycles. The van der Waals surface area contributed by atoms with Crippen molar-refractivity contribution in [3.8, 4) is 5.75 Å². The molecule has 10 rings (SSSR count). The molecule has 4 aliphatic heterocycles. The van der Waals surface area contributed by atoms with Crippen LogP contribution in [0.1, 0.15) is 88.5 Å². The van der Waals surface area contributed by atoms with Crippen LogP contribution in [0, 0.1) is 12.8 Å². The monoisotopic (exact) mass is 934 g/mol. The molecule has 8 unspecified atom stereocenters. The maximum Gasteiger partial charge on any atom is 0.228 e. The number of carbonyl (C=O) groups is 2. The first-order chi connectivity index (χ1) is 33.2. The number of ether oxygens (including phenoxy) is 1. The zero-order chi connectivity index (χ0) is 47.3. The highest BCUT2D eigenvalue weighted by atomic mass is 35.5. The summed E-state index contributed by atoms with van der Waals surface area (Å²) in [6.45, 7) is 8.11. The van der Waals surface area contributed by atoms with Crippen LogP contribution in [-0.4, -0.2) is 69.8 Å². The molecule has 8 atom stereocenters. The van der Waals surface area contributed by atoms with Crippen molar-refractivity contribution in [2.75, 3.05) is 45.9 Å². The molecular weight excluding hydrogens is 868 g/mol. The van der Waals surface area contributed by atoms with Crippen molar-refractivity contribution in [3.63, 3.8) is 0 Å². The predicted molar refractivity (Wildman–Crippen MR) is 272 cm³/mol. The van der Waals surface area contributed by atoms with E-state index in [0.29, 0.717) is 36.4 Å². The highest BCUT2D eigenvalue weighted by molar-refractivity contribution is 6.30. The topological polar surface area (TPSA) is 157 Å². The Morgan fingerprint density at radius 1 is 0.691 bits per heavy atom. The second-order valence-corrected chi connectivity index (χ2v) is 19.1. The number of furan rings is 1. The van der Waals surface area contributed by atoms with Crippen molar-refractivity contribution in [3.05, 3.63) is 196 Å². The van der Waals surface area contributed by atoms with Gasteiger partial charge < -0.3 is 41.9 Å². The molecule has 356 valence electrons. The number of rotatable bonds is 10. The minimum Gasteiger partial charge on any atom is -0.493 e. The number of carbonyl (C=O) groups excluding carboxylic acids is 2. The van der Waals surface area contributed by atoms with Gasteiger partial charge in [0.2, 0.25) is 11.8 Å². The van der Waals surface area contributed by atoms with Gasteiger partial charge in [0.25, 0.3) is 0 Å². The lowest BCUT2D eigenvalue weighted by atomic mass is 9.59. The number of hydrogen-bond acceptors (Lipinski definition) is 8. The lowest BCUT2D eigenvalue weighted by molar-refractivity contribution is -0.127. The van der Waals surface area contributed by atoms with Crippen molar-refractivity contribution >= 4 is 23.4 Å². The summed E-state index contributed by atoms with van der Waals surface area (Å²) in [7, 11) is 0. The fourth-order valence-electron chi connectivity index (χ4n) is 11.0. The third-order valence-electron chi connectivity index (χ3n) is 14.5. The Balaban J connectivity index is 0.000000147. The van der Waals surface area contributed by atoms with Crippen LogP contribution in [0.4, 0.5) is 0 Å². The van der Waals surface area contributed by atoms with Crippen LogP contribution in [0.3, 0.4) is 0 Å². The van der Waals surface area contributed by atoms with Crippen molar-refractivity contribution in [2.24, 2.45) is 17.4 Å². The number of nitrogens with two attached hydrogens (primary N) is 2. The Morgan fingerprint density at radius 3 is 1.85 bits per heavy atom. The summed E-state index contributed by atoms with van der Waals surface area (Å²) in [5.41, 5.74) is 18.2. The Morgan fingerprint density at radius 2 is 1.25 bits per heavy atom. The highest BCUT2D eigenvalue weighted by Gasteiger charge is 2.50. The first-order valence-electron chi connectivity index (χ1n) is 24.4. The Hall–Kier alpha value is -5.75. The number of nitrogens with one attached hydrogen (secondary N) is 4. The number of benzene rings is 5. The molecule has 6 aromatic rings. The van der Waals surface area contributed by atoms with Crippen molar-refractivity contribution < 1.29 is 18.7 Å². The summed E-state index contributed by atoms with van der Waals surface area (Å²) in [6.07, 6.45) is 5.68. The lowest BCUT2D eigenvalue weighted by Crippen LogP contribution is -2.54. The first-order valence-corrected chi connectivity index (χ1v) is 24.7. The van der Waals surface area contributed by atoms with Crippen LogP contribution < -0.4 is 37.5 Å². The summed E-state index contributed by atoms with van der Waals surface area (Å²) in [6, 6.07) is 49.4. The highest BCUT2D eigenvalue weighted by Crippen LogP contribution is 2.46. The quantitative estimate of drug-likeness (QED) is 0.0799. The third-order valence-corrected chi connectivity index (χ3v) is 14.7. The minimum atomic E-state index is -0.832. The second-order valence-electron chi connectivity index (χ2n) is 18.7. The van der Waals surface area contributed by atoms with E-state index in [4.69, 9.17) is 32.2 Å². The number of amides is 2. The minimum absolute atomic E-state index is 0.0705. The van der Waals surface area contributed by atoms with Crippen molar-refractivity contribution in [1.29, 1.82) is 0 Å². The molecule has 5 aromatic carbocycles. The van der Waals surface area contributed by atoms with E-state index in [1.54, 1.807) is 6.26 Å². The molecular formula is C57H67ClN6O4. The van der Waals surface area contributed by atoms with Crippen LogP contribution in [0.5, 0.6) is 5.75 Å². The van der Waals surface area contributed by atoms with E-state index in [9.17, 15) is 9.59 Å². The SMILES string of the molecule is Cc1cc(Cl)cc2c1OCCC2C(=O)NC1CCNCC1c1ccccc1.NC(=O)C(Cc1ccco1)(c1ccccc1)C1CCNCC1c1ccccc1.NC1CCNCC1c1ccccc1. The lowest BCUT2D eigenvalue weighted by Gasteiger charge is -2.45. The van der Waals surface area contributed by atoms with Gasteiger partial charge in [-0.25, -0.2) is 0 Å². The molecule has 4 aliphatic rings. The van der Waals surface area contributed by atoms with E-state index in [1.165, 1.54) is 16.7 Å². The molecule has 68 heavy (non-hydrogen) atoms. The summed E-state index contributed by atoms with van der Waals surface area (Å²) >= 11 is 6.25. The zero-order valence-electron chi connectivity index (χ0n) is 39.1. The van der Waals surface area contributed by atoms with Crippen LogP contribution in [0.15, 0.2) is 156 Å². The molecule has 1 aromatic heterocycles. The average Bonchev–Trinajstić information content (AvgIpc) is 3.90. The second kappa shape index (κ2) is 23.5. The van der Waals surface area contributed by atoms with Gasteiger partial charge in [-0.1, -0.05) is 133 Å². The fourth-order valence-corrected chi connectivity index (χ4v) is 11.3.